The summed E-state index contributed by atoms with van der Waals surface area (Å²) in [7, 11) is 0. The molecule has 152 valence electrons. The topological polar surface area (TPSA) is 109 Å². The SMILES string of the molecule is CCSc1nc(N2CCCC2)c2cnn(CCNC(=O)c3ccc(=O)[nH]c3)c2n1. The fourth-order valence-electron chi connectivity index (χ4n) is 3.38. The monoisotopic (exact) mass is 413 g/mol. The molecule has 0 aromatic carbocycles. The number of hydrogen-bond donors (Lipinski definition) is 2. The number of rotatable bonds is 7. The molecule has 9 nitrogen and oxygen atoms in total. The molecule has 0 atom stereocenters. The molecular formula is C19H23N7O2S. The molecule has 1 amide bonds. The van der Waals surface area contributed by atoms with E-state index in [9.17, 15) is 9.59 Å². The molecule has 1 saturated heterocycles. The van der Waals surface area contributed by atoms with Gasteiger partial charge in [0.2, 0.25) is 5.56 Å². The van der Waals surface area contributed by atoms with Crippen molar-refractivity contribution in [3.8, 4) is 0 Å². The summed E-state index contributed by atoms with van der Waals surface area (Å²) in [6.07, 6.45) is 5.57. The standard InChI is InChI=1S/C19H23N7O2S/c1-2-29-19-23-16(25-8-3-4-9-25)14-12-22-26(17(14)24-19)10-7-20-18(28)13-5-6-15(27)21-11-13/h5-6,11-12H,2-4,7-10H2,1H3,(H,20,28)(H,21,27). The van der Waals surface area contributed by atoms with Crippen LogP contribution < -0.4 is 15.8 Å². The minimum Gasteiger partial charge on any atom is -0.356 e. The molecule has 0 aliphatic carbocycles. The molecule has 3 aromatic heterocycles. The molecule has 0 unspecified atom stereocenters. The third-order valence-electron chi connectivity index (χ3n) is 4.79. The third kappa shape index (κ3) is 4.26. The van der Waals surface area contributed by atoms with Gasteiger partial charge in [-0.05, 0) is 24.7 Å². The maximum absolute atomic E-state index is 12.2. The summed E-state index contributed by atoms with van der Waals surface area (Å²) in [5.41, 5.74) is 0.963. The highest BCUT2D eigenvalue weighted by atomic mass is 32.2. The van der Waals surface area contributed by atoms with Crippen LogP contribution in [0.15, 0.2) is 34.5 Å². The van der Waals surface area contributed by atoms with Gasteiger partial charge in [0, 0.05) is 31.9 Å². The highest BCUT2D eigenvalue weighted by molar-refractivity contribution is 7.99. The fraction of sp³-hybridized carbons (Fsp3) is 0.421. The van der Waals surface area contributed by atoms with Crippen LogP contribution >= 0.6 is 11.8 Å². The quantitative estimate of drug-likeness (QED) is 0.448. The predicted octanol–water partition coefficient (Wildman–Crippen LogP) is 1.66. The molecule has 4 rings (SSSR count). The second-order valence-corrected chi connectivity index (χ2v) is 7.99. The number of aromatic nitrogens is 5. The van der Waals surface area contributed by atoms with E-state index in [0.29, 0.717) is 18.7 Å². The first kappa shape index (κ1) is 19.4. The predicted molar refractivity (Wildman–Crippen MR) is 113 cm³/mol. The number of anilines is 1. The first-order valence-electron chi connectivity index (χ1n) is 9.74. The lowest BCUT2D eigenvalue weighted by atomic mass is 10.3. The first-order chi connectivity index (χ1) is 14.2. The number of H-pyrrole nitrogens is 1. The van der Waals surface area contributed by atoms with Crippen molar-refractivity contribution in [2.75, 3.05) is 30.3 Å². The fourth-order valence-corrected chi connectivity index (χ4v) is 3.94. The Morgan fingerprint density at radius 2 is 2.10 bits per heavy atom. The van der Waals surface area contributed by atoms with Crippen molar-refractivity contribution in [3.05, 3.63) is 40.4 Å². The molecule has 3 aromatic rings. The highest BCUT2D eigenvalue weighted by Crippen LogP contribution is 2.29. The summed E-state index contributed by atoms with van der Waals surface area (Å²) in [4.78, 5) is 37.6. The van der Waals surface area contributed by atoms with Crippen LogP contribution in [0.3, 0.4) is 0 Å². The van der Waals surface area contributed by atoms with Gasteiger partial charge in [0.15, 0.2) is 10.8 Å². The van der Waals surface area contributed by atoms with Crippen LogP contribution in [0.25, 0.3) is 11.0 Å². The Morgan fingerprint density at radius 1 is 1.28 bits per heavy atom. The van der Waals surface area contributed by atoms with Crippen molar-refractivity contribution < 1.29 is 4.79 Å². The minimum absolute atomic E-state index is 0.237. The Hall–Kier alpha value is -2.88. The van der Waals surface area contributed by atoms with Crippen LogP contribution in [0.5, 0.6) is 0 Å². The van der Waals surface area contributed by atoms with E-state index in [1.165, 1.54) is 31.2 Å². The van der Waals surface area contributed by atoms with Crippen LogP contribution in [-0.2, 0) is 6.54 Å². The number of pyridine rings is 1. The molecule has 4 heterocycles. The lowest BCUT2D eigenvalue weighted by Gasteiger charge is -2.17. The van der Waals surface area contributed by atoms with Gasteiger partial charge in [-0.3, -0.25) is 9.59 Å². The maximum Gasteiger partial charge on any atom is 0.252 e. The van der Waals surface area contributed by atoms with Gasteiger partial charge < -0.3 is 15.2 Å². The van der Waals surface area contributed by atoms with E-state index >= 15 is 0 Å². The summed E-state index contributed by atoms with van der Waals surface area (Å²) in [5.74, 6) is 1.60. The second kappa shape index (κ2) is 8.64. The minimum atomic E-state index is -0.243. The van der Waals surface area contributed by atoms with E-state index in [1.807, 2.05) is 10.9 Å². The van der Waals surface area contributed by atoms with Gasteiger partial charge in [0.05, 0.1) is 23.7 Å². The summed E-state index contributed by atoms with van der Waals surface area (Å²) < 4.78 is 1.81. The number of aromatic amines is 1. The second-order valence-electron chi connectivity index (χ2n) is 6.76. The Bertz CT molecular complexity index is 1050. The average Bonchev–Trinajstić information content (AvgIpc) is 3.39. The molecule has 1 aliphatic rings. The molecule has 1 fully saturated rings. The number of amides is 1. The van der Waals surface area contributed by atoms with Gasteiger partial charge in [-0.1, -0.05) is 18.7 Å². The van der Waals surface area contributed by atoms with E-state index in [2.05, 4.69) is 27.2 Å². The molecule has 0 spiro atoms. The largest absolute Gasteiger partial charge is 0.356 e. The number of hydrogen-bond acceptors (Lipinski definition) is 7. The van der Waals surface area contributed by atoms with Gasteiger partial charge in [-0.25, -0.2) is 14.6 Å². The van der Waals surface area contributed by atoms with Gasteiger partial charge >= 0.3 is 0 Å². The number of carbonyl (C=O) groups excluding carboxylic acids is 1. The van der Waals surface area contributed by atoms with Gasteiger partial charge in [0.1, 0.15) is 5.82 Å². The summed E-state index contributed by atoms with van der Waals surface area (Å²) in [6, 6.07) is 2.83. The number of fused-ring (bicyclic) bond motifs is 1. The van der Waals surface area contributed by atoms with Crippen LogP contribution in [0, 0.1) is 0 Å². The third-order valence-corrected chi connectivity index (χ3v) is 5.52. The lowest BCUT2D eigenvalue weighted by molar-refractivity contribution is 0.0951. The summed E-state index contributed by atoms with van der Waals surface area (Å²) >= 11 is 1.61. The number of carbonyl (C=O) groups is 1. The van der Waals surface area contributed by atoms with Crippen LogP contribution in [0.1, 0.15) is 30.1 Å². The van der Waals surface area contributed by atoms with Crippen molar-refractivity contribution in [3.63, 3.8) is 0 Å². The van der Waals surface area contributed by atoms with Crippen LogP contribution in [0.2, 0.25) is 0 Å². The van der Waals surface area contributed by atoms with E-state index in [0.717, 1.165) is 40.9 Å². The van der Waals surface area contributed by atoms with Crippen LogP contribution in [-0.4, -0.2) is 56.0 Å². The molecule has 29 heavy (non-hydrogen) atoms. The zero-order chi connectivity index (χ0) is 20.2. The molecule has 0 bridgehead atoms. The zero-order valence-electron chi connectivity index (χ0n) is 16.2. The van der Waals surface area contributed by atoms with E-state index in [1.54, 1.807) is 11.8 Å². The van der Waals surface area contributed by atoms with Crippen LogP contribution in [0.4, 0.5) is 5.82 Å². The van der Waals surface area contributed by atoms with Gasteiger partial charge in [0.25, 0.3) is 5.91 Å². The van der Waals surface area contributed by atoms with Crippen molar-refractivity contribution in [2.24, 2.45) is 0 Å². The number of thioether (sulfide) groups is 1. The smallest absolute Gasteiger partial charge is 0.252 e. The highest BCUT2D eigenvalue weighted by Gasteiger charge is 2.20. The van der Waals surface area contributed by atoms with Gasteiger partial charge in [-0.2, -0.15) is 5.10 Å². The van der Waals surface area contributed by atoms with Crippen molar-refractivity contribution in [1.82, 2.24) is 30.0 Å². The molecule has 0 saturated carbocycles. The average molecular weight is 414 g/mol. The summed E-state index contributed by atoms with van der Waals surface area (Å²) in [6.45, 7) is 4.97. The molecular weight excluding hydrogens is 390 g/mol. The lowest BCUT2D eigenvalue weighted by Crippen LogP contribution is -2.28. The Balaban J connectivity index is 1.52. The van der Waals surface area contributed by atoms with E-state index < -0.39 is 0 Å². The molecule has 1 aliphatic heterocycles. The van der Waals surface area contributed by atoms with Crippen molar-refractivity contribution in [1.29, 1.82) is 0 Å². The van der Waals surface area contributed by atoms with Gasteiger partial charge in [-0.15, -0.1) is 0 Å². The Labute approximate surface area is 171 Å². The zero-order valence-corrected chi connectivity index (χ0v) is 17.0. The molecule has 2 N–H and O–H groups in total. The Morgan fingerprint density at radius 3 is 2.83 bits per heavy atom. The number of nitrogens with zero attached hydrogens (tertiary/aromatic N) is 5. The van der Waals surface area contributed by atoms with Crippen molar-refractivity contribution in [2.45, 2.75) is 31.5 Å². The normalized spacial score (nSPS) is 13.9. The summed E-state index contributed by atoms with van der Waals surface area (Å²) in [5, 5.41) is 9.03. The molecule has 10 heteroatoms. The molecule has 0 radical (unpaired) electrons. The van der Waals surface area contributed by atoms with E-state index in [4.69, 9.17) is 9.97 Å². The Kier molecular flexibility index (Phi) is 5.79. The first-order valence-corrected chi connectivity index (χ1v) is 10.7. The maximum atomic E-state index is 12.2. The van der Waals surface area contributed by atoms with E-state index in [-0.39, 0.29) is 11.5 Å². The van der Waals surface area contributed by atoms with Crippen molar-refractivity contribution >= 4 is 34.5 Å². The number of nitrogens with one attached hydrogen (secondary N) is 2.